The largest absolute Gasteiger partial charge is 0.417 e. The summed E-state index contributed by atoms with van der Waals surface area (Å²) in [7, 11) is 0. The lowest BCUT2D eigenvalue weighted by Crippen LogP contribution is -2.77. The lowest BCUT2D eigenvalue weighted by Gasteiger charge is -2.46. The molecule has 3 unspecified atom stereocenters. The van der Waals surface area contributed by atoms with Gasteiger partial charge in [-0.3, -0.25) is 0 Å². The molecule has 4 heterocycles. The van der Waals surface area contributed by atoms with Gasteiger partial charge in [0, 0.05) is 36.1 Å². The number of nitrogens with zero attached hydrogens (tertiary/aromatic N) is 2. The van der Waals surface area contributed by atoms with E-state index in [0.717, 1.165) is 19.3 Å². The van der Waals surface area contributed by atoms with Crippen molar-refractivity contribution < 1.29 is 9.13 Å². The lowest BCUT2D eigenvalue weighted by atomic mass is 9.57. The van der Waals surface area contributed by atoms with Crippen molar-refractivity contribution in [2.24, 2.45) is 0 Å². The summed E-state index contributed by atoms with van der Waals surface area (Å²) in [4.78, 5) is 0. The van der Waals surface area contributed by atoms with Crippen molar-refractivity contribution >= 4 is 0 Å². The fourth-order valence-corrected chi connectivity index (χ4v) is 10.4. The number of hydrogen-bond donors (Lipinski definition) is 0. The predicted octanol–water partition coefficient (Wildman–Crippen LogP) is 6.24. The van der Waals surface area contributed by atoms with Crippen LogP contribution in [0, 0.1) is 0 Å². The number of aromatic nitrogens is 2. The van der Waals surface area contributed by atoms with E-state index < -0.39 is 5.66 Å². The maximum absolute atomic E-state index is 2.74. The van der Waals surface area contributed by atoms with Gasteiger partial charge < -0.3 is 0 Å². The molecule has 6 aromatic rings. The van der Waals surface area contributed by atoms with Gasteiger partial charge in [-0.05, 0) is 86.7 Å². The first-order valence-electron chi connectivity index (χ1n) is 15.4. The molecular weight excluding hydrogens is 508 g/mol. The Kier molecular flexibility index (Phi) is 3.31. The van der Waals surface area contributed by atoms with E-state index in [9.17, 15) is 0 Å². The second kappa shape index (κ2) is 6.63. The van der Waals surface area contributed by atoms with Crippen LogP contribution in [0.5, 0.6) is 0 Å². The van der Waals surface area contributed by atoms with Crippen LogP contribution in [-0.4, -0.2) is 0 Å². The predicted molar refractivity (Wildman–Crippen MR) is 160 cm³/mol. The number of rotatable bonds is 0. The molecule has 4 aliphatic carbocycles. The molecule has 12 rings (SSSR count). The smallest absolute Gasteiger partial charge is 0.129 e. The van der Waals surface area contributed by atoms with Crippen molar-refractivity contribution in [1.29, 1.82) is 0 Å². The maximum atomic E-state index is 2.74. The Labute approximate surface area is 244 Å². The second-order valence-electron chi connectivity index (χ2n) is 13.2. The molecule has 2 aromatic heterocycles. The van der Waals surface area contributed by atoms with Crippen LogP contribution in [-0.2, 0) is 24.9 Å². The van der Waals surface area contributed by atoms with Crippen LogP contribution in [0.1, 0.15) is 89.9 Å². The van der Waals surface area contributed by atoms with Crippen LogP contribution in [0.4, 0.5) is 0 Å². The summed E-state index contributed by atoms with van der Waals surface area (Å²) >= 11 is 0. The summed E-state index contributed by atoms with van der Waals surface area (Å²) in [6.07, 6.45) is 7.82. The molecule has 0 fully saturated rings. The first kappa shape index (κ1) is 21.0. The van der Waals surface area contributed by atoms with Crippen LogP contribution in [0.3, 0.4) is 0 Å². The summed E-state index contributed by atoms with van der Waals surface area (Å²) in [6, 6.07) is 37.6. The van der Waals surface area contributed by atoms with Gasteiger partial charge in [-0.2, -0.15) is 0 Å². The van der Waals surface area contributed by atoms with Crippen molar-refractivity contribution in [2.45, 2.75) is 36.8 Å². The SMILES string of the molecule is c1ccc2c(c1)Cc1cc3c4c5c1C2c1cccc2c1C5([n+]1ccccc1-2)[n+]1cccc2c1C4c1c(cccc1C2)C3. The minimum atomic E-state index is -0.424. The molecule has 0 saturated heterocycles. The van der Waals surface area contributed by atoms with Crippen molar-refractivity contribution in [1.82, 2.24) is 0 Å². The van der Waals surface area contributed by atoms with E-state index in [2.05, 4.69) is 119 Å². The van der Waals surface area contributed by atoms with Gasteiger partial charge in [0.25, 0.3) is 0 Å². The van der Waals surface area contributed by atoms with Gasteiger partial charge in [-0.1, -0.05) is 60.7 Å². The fraction of sp³-hybridized carbons (Fsp3) is 0.150. The molecule has 0 radical (unpaired) electrons. The summed E-state index contributed by atoms with van der Waals surface area (Å²) in [5.41, 5.74) is 23.7. The highest BCUT2D eigenvalue weighted by molar-refractivity contribution is 5.79. The molecule has 0 amide bonds. The molecule has 2 heteroatoms. The quantitative estimate of drug-likeness (QED) is 0.204. The molecule has 3 atom stereocenters. The van der Waals surface area contributed by atoms with E-state index in [-0.39, 0.29) is 11.8 Å². The molecule has 0 saturated carbocycles. The van der Waals surface area contributed by atoms with Crippen LogP contribution < -0.4 is 9.13 Å². The number of pyridine rings is 2. The molecule has 42 heavy (non-hydrogen) atoms. The topological polar surface area (TPSA) is 7.76 Å². The minimum absolute atomic E-state index is 0.258. The Bertz CT molecular complexity index is 2310. The minimum Gasteiger partial charge on any atom is -0.129 e. The third-order valence-corrected chi connectivity index (χ3v) is 11.6. The molecule has 1 spiro atoms. The molecule has 6 aliphatic rings. The summed E-state index contributed by atoms with van der Waals surface area (Å²) in [5, 5.41) is 0. The zero-order valence-corrected chi connectivity index (χ0v) is 23.1. The third-order valence-electron chi connectivity index (χ3n) is 11.6. The van der Waals surface area contributed by atoms with E-state index in [1.54, 1.807) is 27.8 Å². The Morgan fingerprint density at radius 3 is 2.12 bits per heavy atom. The number of hydrogen-bond acceptors (Lipinski definition) is 0. The molecule has 2 aliphatic heterocycles. The molecule has 194 valence electrons. The highest BCUT2D eigenvalue weighted by atomic mass is 15.3. The van der Waals surface area contributed by atoms with Gasteiger partial charge in [0.2, 0.25) is 11.4 Å². The zero-order valence-electron chi connectivity index (χ0n) is 23.1. The van der Waals surface area contributed by atoms with Gasteiger partial charge in [-0.25, -0.2) is 0 Å². The molecule has 4 aromatic carbocycles. The monoisotopic (exact) mass is 534 g/mol. The lowest BCUT2D eigenvalue weighted by molar-refractivity contribution is -0.968. The Morgan fingerprint density at radius 2 is 1.19 bits per heavy atom. The van der Waals surface area contributed by atoms with E-state index in [1.807, 2.05) is 0 Å². The highest BCUT2D eigenvalue weighted by Crippen LogP contribution is 2.62. The van der Waals surface area contributed by atoms with Gasteiger partial charge in [0.05, 0.1) is 11.5 Å². The van der Waals surface area contributed by atoms with Crippen LogP contribution >= 0.6 is 0 Å². The molecular formula is C40H26N2+2. The molecule has 2 nitrogen and oxygen atoms in total. The standard InChI is InChI=1S/C40H26N2/c1-2-12-28-22(8-1)18-26-21-27-20-24-10-5-9-23-19-25-11-7-17-42-39(25)36(32(23)24)34(27)38-33(26)35(28)30-14-6-13-29-31-15-3-4-16-41(31)40(38,42)37(29)30/h1-17,21,35-36H,18-20H2/q+2. The first-order chi connectivity index (χ1) is 20.8. The van der Waals surface area contributed by atoms with Crippen molar-refractivity contribution in [3.63, 3.8) is 0 Å². The molecule has 0 bridgehead atoms. The van der Waals surface area contributed by atoms with Crippen molar-refractivity contribution in [2.75, 3.05) is 0 Å². The number of benzene rings is 4. The van der Waals surface area contributed by atoms with E-state index in [4.69, 9.17) is 0 Å². The highest BCUT2D eigenvalue weighted by Gasteiger charge is 2.71. The van der Waals surface area contributed by atoms with Crippen LogP contribution in [0.15, 0.2) is 109 Å². The van der Waals surface area contributed by atoms with Crippen LogP contribution in [0.2, 0.25) is 0 Å². The second-order valence-corrected chi connectivity index (χ2v) is 13.2. The van der Waals surface area contributed by atoms with Crippen molar-refractivity contribution in [3.05, 3.63) is 187 Å². The van der Waals surface area contributed by atoms with Gasteiger partial charge >= 0.3 is 5.66 Å². The third kappa shape index (κ3) is 2.00. The van der Waals surface area contributed by atoms with Crippen molar-refractivity contribution in [3.8, 4) is 11.3 Å². The summed E-state index contributed by atoms with van der Waals surface area (Å²) in [5.74, 6) is 0.546. The zero-order chi connectivity index (χ0) is 26.9. The summed E-state index contributed by atoms with van der Waals surface area (Å²) < 4.78 is 5.38. The normalized spacial score (nSPS) is 22.6. The Morgan fingerprint density at radius 1 is 0.500 bits per heavy atom. The summed E-state index contributed by atoms with van der Waals surface area (Å²) in [6.45, 7) is 0. The van der Waals surface area contributed by atoms with E-state index >= 15 is 0 Å². The Hall–Kier alpha value is -4.82. The van der Waals surface area contributed by atoms with Gasteiger partial charge in [0.1, 0.15) is 11.1 Å². The molecule has 0 N–H and O–H groups in total. The van der Waals surface area contributed by atoms with Gasteiger partial charge in [-0.15, -0.1) is 9.13 Å². The average Bonchev–Trinajstić information content (AvgIpc) is 3.33. The van der Waals surface area contributed by atoms with Crippen LogP contribution in [0.25, 0.3) is 11.3 Å². The maximum Gasteiger partial charge on any atom is 0.417 e. The van der Waals surface area contributed by atoms with E-state index in [1.165, 1.54) is 61.5 Å². The Balaban J connectivity index is 1.37. The van der Waals surface area contributed by atoms with E-state index in [0.29, 0.717) is 0 Å². The first-order valence-corrected chi connectivity index (χ1v) is 15.4. The van der Waals surface area contributed by atoms with Gasteiger partial charge in [0.15, 0.2) is 12.4 Å². The fourth-order valence-electron chi connectivity index (χ4n) is 10.4. The number of fused-ring (bicyclic) bond motifs is 5. The average molecular weight is 535 g/mol.